The lowest BCUT2D eigenvalue weighted by molar-refractivity contribution is 0.102. The van der Waals surface area contributed by atoms with E-state index in [9.17, 15) is 9.90 Å². The van der Waals surface area contributed by atoms with Crippen LogP contribution in [0, 0.1) is 6.92 Å². The van der Waals surface area contributed by atoms with Crippen LogP contribution in [0.2, 0.25) is 0 Å². The van der Waals surface area contributed by atoms with Crippen molar-refractivity contribution in [3.05, 3.63) is 64.3 Å². The molecule has 0 spiro atoms. The van der Waals surface area contributed by atoms with Gasteiger partial charge in [-0.15, -0.1) is 11.3 Å². The molecule has 0 radical (unpaired) electrons. The van der Waals surface area contributed by atoms with Crippen molar-refractivity contribution in [3.63, 3.8) is 0 Å². The number of hydrogen-bond donors (Lipinski definition) is 2. The summed E-state index contributed by atoms with van der Waals surface area (Å²) in [5.74, 6) is 1.92. The van der Waals surface area contributed by atoms with Crippen molar-refractivity contribution in [2.24, 2.45) is 0 Å². The summed E-state index contributed by atoms with van der Waals surface area (Å²) >= 11 is 3.59. The lowest BCUT2D eigenvalue weighted by atomic mass is 10.1. The topological polar surface area (TPSA) is 54.3 Å². The lowest BCUT2D eigenvalue weighted by Gasteiger charge is -2.14. The van der Waals surface area contributed by atoms with Crippen LogP contribution in [0.1, 0.15) is 26.4 Å². The maximum atomic E-state index is 13.1. The molecule has 3 aromatic rings. The van der Waals surface area contributed by atoms with Crippen LogP contribution in [0.3, 0.4) is 0 Å². The molecule has 0 fully saturated rings. The van der Waals surface area contributed by atoms with Gasteiger partial charge in [0.25, 0.3) is 5.91 Å². The Hall–Kier alpha value is -2.18. The molecule has 2 N–H and O–H groups in total. The molecule has 2 aromatic heterocycles. The maximum Gasteiger partial charge on any atom is 0.259 e. The van der Waals surface area contributed by atoms with Gasteiger partial charge in [0.15, 0.2) is 0 Å². The molecule has 1 amide bonds. The van der Waals surface area contributed by atoms with Crippen LogP contribution in [-0.2, 0) is 12.2 Å². The van der Waals surface area contributed by atoms with E-state index in [1.54, 1.807) is 23.5 Å². The molecule has 1 aromatic carbocycles. The molecule has 0 aliphatic carbocycles. The van der Waals surface area contributed by atoms with Crippen molar-refractivity contribution < 1.29 is 9.90 Å². The van der Waals surface area contributed by atoms with Crippen LogP contribution in [-0.4, -0.2) is 21.3 Å². The van der Waals surface area contributed by atoms with E-state index in [0.29, 0.717) is 5.69 Å². The Labute approximate surface area is 154 Å². The van der Waals surface area contributed by atoms with Crippen LogP contribution in [0.25, 0.3) is 5.00 Å². The molecule has 6 heteroatoms. The number of hydrogen-bond acceptors (Lipinski definition) is 4. The number of carbonyl (C=O) groups excluding carboxylic acids is 1. The summed E-state index contributed by atoms with van der Waals surface area (Å²) in [7, 11) is 0. The van der Waals surface area contributed by atoms with Gasteiger partial charge >= 0.3 is 0 Å². The minimum Gasteiger partial charge on any atom is -0.506 e. The zero-order chi connectivity index (χ0) is 17.4. The highest BCUT2D eigenvalue weighted by atomic mass is 32.2. The lowest BCUT2D eigenvalue weighted by Crippen LogP contribution is -2.16. The number of amides is 1. The van der Waals surface area contributed by atoms with Crippen molar-refractivity contribution in [3.8, 4) is 10.8 Å². The SMILES string of the molecule is Cc1ccc(NC(=O)c2c(-n3cccc3)sc3c2CCSC3)c(O)c1. The van der Waals surface area contributed by atoms with E-state index in [4.69, 9.17) is 0 Å². The molecular weight excluding hydrogens is 352 g/mol. The number of fused-ring (bicyclic) bond motifs is 1. The van der Waals surface area contributed by atoms with Crippen molar-refractivity contribution in [1.29, 1.82) is 0 Å². The quantitative estimate of drug-likeness (QED) is 0.663. The third-order valence-corrected chi connectivity index (χ3v) is 6.68. The first kappa shape index (κ1) is 16.3. The molecule has 0 unspecified atom stereocenters. The zero-order valence-electron chi connectivity index (χ0n) is 13.8. The zero-order valence-corrected chi connectivity index (χ0v) is 15.4. The summed E-state index contributed by atoms with van der Waals surface area (Å²) in [4.78, 5) is 14.3. The van der Waals surface area contributed by atoms with Gasteiger partial charge < -0.3 is 15.0 Å². The number of aromatic nitrogens is 1. The van der Waals surface area contributed by atoms with Crippen molar-refractivity contribution in [2.45, 2.75) is 19.1 Å². The molecule has 0 saturated carbocycles. The Kier molecular flexibility index (Phi) is 4.31. The molecule has 0 saturated heterocycles. The number of nitrogens with zero attached hydrogens (tertiary/aromatic N) is 1. The second-order valence-corrected chi connectivity index (χ2v) is 8.24. The predicted octanol–water partition coefficient (Wildman–Crippen LogP) is 4.59. The Bertz CT molecular complexity index is 929. The number of phenols is 1. The van der Waals surface area contributed by atoms with Crippen molar-refractivity contribution in [2.75, 3.05) is 11.1 Å². The van der Waals surface area contributed by atoms with Gasteiger partial charge in [0.05, 0.1) is 11.3 Å². The van der Waals surface area contributed by atoms with E-state index < -0.39 is 0 Å². The number of nitrogens with one attached hydrogen (secondary N) is 1. The fraction of sp³-hybridized carbons (Fsp3) is 0.211. The number of aromatic hydroxyl groups is 1. The molecule has 0 bridgehead atoms. The van der Waals surface area contributed by atoms with Gasteiger partial charge in [-0.2, -0.15) is 11.8 Å². The van der Waals surface area contributed by atoms with Crippen LogP contribution in [0.4, 0.5) is 5.69 Å². The highest BCUT2D eigenvalue weighted by Gasteiger charge is 2.26. The number of carbonyl (C=O) groups is 1. The predicted molar refractivity (Wildman–Crippen MR) is 104 cm³/mol. The Balaban J connectivity index is 1.75. The van der Waals surface area contributed by atoms with E-state index in [-0.39, 0.29) is 11.7 Å². The first-order valence-electron chi connectivity index (χ1n) is 8.10. The Morgan fingerprint density at radius 3 is 2.84 bits per heavy atom. The van der Waals surface area contributed by atoms with Crippen LogP contribution >= 0.6 is 23.1 Å². The standard InChI is InChI=1S/C19H18N2O2S2/c1-12-4-5-14(15(22)10-12)20-18(23)17-13-6-9-24-11-16(13)25-19(17)21-7-2-3-8-21/h2-5,7-8,10,22H,6,9,11H2,1H3,(H,20,23). The number of anilines is 1. The fourth-order valence-electron chi connectivity index (χ4n) is 3.04. The molecule has 1 aliphatic rings. The van der Waals surface area contributed by atoms with Gasteiger partial charge in [0.2, 0.25) is 0 Å². The number of aryl methyl sites for hydroxylation is 1. The number of rotatable bonds is 3. The van der Waals surface area contributed by atoms with Gasteiger partial charge in [-0.3, -0.25) is 4.79 Å². The van der Waals surface area contributed by atoms with E-state index in [1.165, 1.54) is 4.88 Å². The van der Waals surface area contributed by atoms with Gasteiger partial charge in [0.1, 0.15) is 10.8 Å². The summed E-state index contributed by atoms with van der Waals surface area (Å²) < 4.78 is 2.00. The van der Waals surface area contributed by atoms with Crippen molar-refractivity contribution in [1.82, 2.24) is 4.57 Å². The van der Waals surface area contributed by atoms with Gasteiger partial charge in [-0.25, -0.2) is 0 Å². The Morgan fingerprint density at radius 1 is 1.28 bits per heavy atom. The normalized spacial score (nSPS) is 13.5. The molecule has 4 rings (SSSR count). The van der Waals surface area contributed by atoms with E-state index in [1.807, 2.05) is 53.8 Å². The highest BCUT2D eigenvalue weighted by Crippen LogP contribution is 2.39. The number of thiophene rings is 1. The second kappa shape index (κ2) is 6.61. The third-order valence-electron chi connectivity index (χ3n) is 4.27. The molecule has 0 atom stereocenters. The number of benzene rings is 1. The van der Waals surface area contributed by atoms with E-state index in [2.05, 4.69) is 5.32 Å². The molecule has 4 nitrogen and oxygen atoms in total. The van der Waals surface area contributed by atoms with Gasteiger partial charge in [-0.05, 0) is 54.5 Å². The second-order valence-electron chi connectivity index (χ2n) is 6.05. The number of thioether (sulfide) groups is 1. The smallest absolute Gasteiger partial charge is 0.259 e. The first-order valence-corrected chi connectivity index (χ1v) is 10.1. The van der Waals surface area contributed by atoms with E-state index >= 15 is 0 Å². The summed E-state index contributed by atoms with van der Waals surface area (Å²) in [5, 5.41) is 13.9. The summed E-state index contributed by atoms with van der Waals surface area (Å²) in [6.07, 6.45) is 4.83. The minimum atomic E-state index is -0.160. The number of phenolic OH excluding ortho intramolecular Hbond substituents is 1. The van der Waals surface area contributed by atoms with Crippen LogP contribution < -0.4 is 5.32 Å². The average molecular weight is 370 g/mol. The monoisotopic (exact) mass is 370 g/mol. The Morgan fingerprint density at radius 2 is 2.08 bits per heavy atom. The van der Waals surface area contributed by atoms with E-state index in [0.717, 1.165) is 39.6 Å². The largest absolute Gasteiger partial charge is 0.506 e. The fourth-order valence-corrected chi connectivity index (χ4v) is 5.48. The molecule has 25 heavy (non-hydrogen) atoms. The van der Waals surface area contributed by atoms with Crippen LogP contribution in [0.5, 0.6) is 5.75 Å². The van der Waals surface area contributed by atoms with Crippen molar-refractivity contribution >= 4 is 34.7 Å². The maximum absolute atomic E-state index is 13.1. The molecule has 3 heterocycles. The van der Waals surface area contributed by atoms with Gasteiger partial charge in [-0.1, -0.05) is 6.07 Å². The average Bonchev–Trinajstić information content (AvgIpc) is 3.24. The molecular formula is C19H18N2O2S2. The highest BCUT2D eigenvalue weighted by molar-refractivity contribution is 7.98. The first-order chi connectivity index (χ1) is 12.1. The van der Waals surface area contributed by atoms with Crippen LogP contribution in [0.15, 0.2) is 42.7 Å². The minimum absolute atomic E-state index is 0.0931. The van der Waals surface area contributed by atoms with Gasteiger partial charge in [0, 0.05) is 23.0 Å². The molecule has 1 aliphatic heterocycles. The summed E-state index contributed by atoms with van der Waals surface area (Å²) in [6, 6.07) is 9.19. The summed E-state index contributed by atoms with van der Waals surface area (Å²) in [5.41, 5.74) is 3.28. The third kappa shape index (κ3) is 3.07. The molecule has 128 valence electrons. The summed E-state index contributed by atoms with van der Waals surface area (Å²) in [6.45, 7) is 1.91.